The predicted octanol–water partition coefficient (Wildman–Crippen LogP) is 0.467. The van der Waals surface area contributed by atoms with Crippen molar-refractivity contribution in [1.82, 2.24) is 5.32 Å². The zero-order valence-electron chi connectivity index (χ0n) is 4.35. The van der Waals surface area contributed by atoms with Crippen LogP contribution in [0.1, 0.15) is 0 Å². The molecule has 0 aliphatic carbocycles. The number of hydrogen-bond donors (Lipinski definition) is 2. The van der Waals surface area contributed by atoms with Gasteiger partial charge in [-0.25, -0.2) is 0 Å². The summed E-state index contributed by atoms with van der Waals surface area (Å²) in [7, 11) is 0. The Kier molecular flexibility index (Phi) is 6.07. The lowest BCUT2D eigenvalue weighted by Crippen LogP contribution is -2.25. The molecule has 0 aliphatic heterocycles. The number of alkyl halides is 1. The minimum atomic E-state index is 0.0830. The highest BCUT2D eigenvalue weighted by Gasteiger charge is 1.92. The van der Waals surface area contributed by atoms with Gasteiger partial charge in [-0.1, -0.05) is 22.6 Å². The number of carbonyl (C=O) groups excluding carboxylic acids is 1. The van der Waals surface area contributed by atoms with Crippen molar-refractivity contribution in [2.75, 3.05) is 16.7 Å². The third-order valence-corrected chi connectivity index (χ3v) is 1.47. The van der Waals surface area contributed by atoms with Crippen molar-refractivity contribution < 1.29 is 4.79 Å². The first-order valence-corrected chi connectivity index (χ1v) is 4.40. The standard InChI is InChI=1S/C4H8INOS/c5-3-4(7)6-1-2-8/h8H,1-3H2,(H,6,7). The lowest BCUT2D eigenvalue weighted by Gasteiger charge is -1.96. The molecule has 0 rings (SSSR count). The maximum Gasteiger partial charge on any atom is 0.229 e. The maximum atomic E-state index is 10.4. The van der Waals surface area contributed by atoms with Gasteiger partial charge < -0.3 is 5.32 Å². The molecule has 1 amide bonds. The predicted molar refractivity (Wildman–Crippen MR) is 45.7 cm³/mol. The van der Waals surface area contributed by atoms with E-state index in [-0.39, 0.29) is 5.91 Å². The number of carbonyl (C=O) groups is 1. The van der Waals surface area contributed by atoms with E-state index in [0.29, 0.717) is 16.7 Å². The Morgan fingerprint density at radius 1 is 1.75 bits per heavy atom. The number of thiol groups is 1. The van der Waals surface area contributed by atoms with Gasteiger partial charge in [-0.2, -0.15) is 12.6 Å². The molecule has 0 aromatic heterocycles. The molecule has 0 atom stereocenters. The van der Waals surface area contributed by atoms with E-state index in [9.17, 15) is 4.79 Å². The minimum Gasteiger partial charge on any atom is -0.355 e. The van der Waals surface area contributed by atoms with E-state index in [0.717, 1.165) is 0 Å². The molecule has 1 N–H and O–H groups in total. The van der Waals surface area contributed by atoms with Crippen LogP contribution in [-0.2, 0) is 4.79 Å². The van der Waals surface area contributed by atoms with Gasteiger partial charge in [0.05, 0.1) is 4.43 Å². The molecule has 0 unspecified atom stereocenters. The van der Waals surface area contributed by atoms with Crippen LogP contribution in [0, 0.1) is 0 Å². The van der Waals surface area contributed by atoms with Crippen LogP contribution in [0.3, 0.4) is 0 Å². The first kappa shape index (κ1) is 8.55. The van der Waals surface area contributed by atoms with Gasteiger partial charge >= 0.3 is 0 Å². The van der Waals surface area contributed by atoms with Crippen LogP contribution in [0.25, 0.3) is 0 Å². The molecule has 0 aromatic carbocycles. The summed E-state index contributed by atoms with van der Waals surface area (Å²) in [5.74, 6) is 0.794. The van der Waals surface area contributed by atoms with Crippen LogP contribution >= 0.6 is 35.2 Å². The summed E-state index contributed by atoms with van der Waals surface area (Å²) in [4.78, 5) is 10.4. The zero-order valence-corrected chi connectivity index (χ0v) is 7.41. The first-order valence-electron chi connectivity index (χ1n) is 2.24. The van der Waals surface area contributed by atoms with Crippen LogP contribution in [0.5, 0.6) is 0 Å². The van der Waals surface area contributed by atoms with Crippen LogP contribution in [-0.4, -0.2) is 22.6 Å². The minimum absolute atomic E-state index is 0.0830. The van der Waals surface area contributed by atoms with E-state index < -0.39 is 0 Å². The van der Waals surface area contributed by atoms with E-state index in [2.05, 4.69) is 17.9 Å². The highest BCUT2D eigenvalue weighted by molar-refractivity contribution is 14.1. The monoisotopic (exact) mass is 245 g/mol. The first-order chi connectivity index (χ1) is 3.81. The fourth-order valence-electron chi connectivity index (χ4n) is 0.243. The molecule has 0 spiro atoms. The molecular weight excluding hydrogens is 237 g/mol. The molecule has 0 bridgehead atoms. The average molecular weight is 245 g/mol. The maximum absolute atomic E-state index is 10.4. The average Bonchev–Trinajstić information content (AvgIpc) is 1.83. The van der Waals surface area contributed by atoms with Crippen molar-refractivity contribution in [2.45, 2.75) is 0 Å². The second-order valence-corrected chi connectivity index (χ2v) is 2.42. The van der Waals surface area contributed by atoms with E-state index in [1.807, 2.05) is 22.6 Å². The fourth-order valence-corrected chi connectivity index (χ4v) is 0.624. The fraction of sp³-hybridized carbons (Fsp3) is 0.750. The molecule has 0 saturated heterocycles. The lowest BCUT2D eigenvalue weighted by atomic mass is 10.6. The lowest BCUT2D eigenvalue weighted by molar-refractivity contribution is -0.118. The second-order valence-electron chi connectivity index (χ2n) is 1.21. The van der Waals surface area contributed by atoms with Crippen molar-refractivity contribution in [3.8, 4) is 0 Å². The third kappa shape index (κ3) is 4.70. The topological polar surface area (TPSA) is 29.1 Å². The van der Waals surface area contributed by atoms with E-state index in [4.69, 9.17) is 0 Å². The number of rotatable bonds is 3. The normalized spacial score (nSPS) is 8.75. The Morgan fingerprint density at radius 3 is 2.75 bits per heavy atom. The largest absolute Gasteiger partial charge is 0.355 e. The van der Waals surface area contributed by atoms with Crippen LogP contribution < -0.4 is 5.32 Å². The molecule has 0 aliphatic rings. The van der Waals surface area contributed by atoms with Gasteiger partial charge in [0.15, 0.2) is 0 Å². The van der Waals surface area contributed by atoms with Gasteiger partial charge in [0, 0.05) is 12.3 Å². The number of amides is 1. The third-order valence-electron chi connectivity index (χ3n) is 0.555. The number of halogens is 1. The van der Waals surface area contributed by atoms with Crippen molar-refractivity contribution in [2.24, 2.45) is 0 Å². The molecule has 0 fully saturated rings. The molecule has 8 heavy (non-hydrogen) atoms. The zero-order chi connectivity index (χ0) is 6.41. The van der Waals surface area contributed by atoms with Crippen LogP contribution in [0.15, 0.2) is 0 Å². The molecule has 0 aromatic rings. The molecular formula is C4H8INOS. The van der Waals surface area contributed by atoms with Crippen molar-refractivity contribution >= 4 is 41.1 Å². The van der Waals surface area contributed by atoms with Gasteiger partial charge in [-0.05, 0) is 0 Å². The smallest absolute Gasteiger partial charge is 0.229 e. The van der Waals surface area contributed by atoms with Gasteiger partial charge in [-0.15, -0.1) is 0 Å². The number of hydrogen-bond acceptors (Lipinski definition) is 2. The van der Waals surface area contributed by atoms with Crippen LogP contribution in [0.4, 0.5) is 0 Å². The van der Waals surface area contributed by atoms with E-state index >= 15 is 0 Å². The Morgan fingerprint density at radius 2 is 2.38 bits per heavy atom. The summed E-state index contributed by atoms with van der Waals surface area (Å²) < 4.78 is 0.533. The van der Waals surface area contributed by atoms with Gasteiger partial charge in [-0.3, -0.25) is 4.79 Å². The Bertz CT molecular complexity index is 78.4. The summed E-state index contributed by atoms with van der Waals surface area (Å²) in [6, 6.07) is 0. The van der Waals surface area contributed by atoms with Gasteiger partial charge in [0.1, 0.15) is 0 Å². The van der Waals surface area contributed by atoms with Crippen molar-refractivity contribution in [3.05, 3.63) is 0 Å². The van der Waals surface area contributed by atoms with Crippen molar-refractivity contribution in [3.63, 3.8) is 0 Å². The Hall–Kier alpha value is 0.550. The molecule has 0 heterocycles. The highest BCUT2D eigenvalue weighted by atomic mass is 127. The SMILES string of the molecule is O=C(CI)NCCS. The van der Waals surface area contributed by atoms with Gasteiger partial charge in [0.2, 0.25) is 5.91 Å². The Labute approximate surface area is 68.0 Å². The summed E-state index contributed by atoms with van der Waals surface area (Å²) in [6.45, 7) is 0.672. The van der Waals surface area contributed by atoms with E-state index in [1.165, 1.54) is 0 Å². The van der Waals surface area contributed by atoms with Crippen LogP contribution in [0.2, 0.25) is 0 Å². The molecule has 4 heteroatoms. The summed E-state index contributed by atoms with van der Waals surface area (Å²) in [5, 5.41) is 2.66. The van der Waals surface area contributed by atoms with E-state index in [1.54, 1.807) is 0 Å². The molecule has 0 saturated carbocycles. The molecule has 0 radical (unpaired) electrons. The molecule has 48 valence electrons. The molecule has 2 nitrogen and oxygen atoms in total. The quantitative estimate of drug-likeness (QED) is 0.422. The summed E-state index contributed by atoms with van der Waals surface area (Å²) in [5.41, 5.74) is 0. The summed E-state index contributed by atoms with van der Waals surface area (Å²) >= 11 is 5.93. The second kappa shape index (κ2) is 5.68. The van der Waals surface area contributed by atoms with Crippen molar-refractivity contribution in [1.29, 1.82) is 0 Å². The summed E-state index contributed by atoms with van der Waals surface area (Å²) in [6.07, 6.45) is 0. The highest BCUT2D eigenvalue weighted by Crippen LogP contribution is 1.78. The Balaban J connectivity index is 2.99. The van der Waals surface area contributed by atoms with Gasteiger partial charge in [0.25, 0.3) is 0 Å². The number of nitrogens with one attached hydrogen (secondary N) is 1.